The maximum atomic E-state index is 11.1. The summed E-state index contributed by atoms with van der Waals surface area (Å²) in [6, 6.07) is 15.0. The van der Waals surface area contributed by atoms with Gasteiger partial charge in [0.15, 0.2) is 6.61 Å². The van der Waals surface area contributed by atoms with Crippen LogP contribution in [0.1, 0.15) is 24.2 Å². The molecule has 0 aliphatic rings. The molecule has 26 heavy (non-hydrogen) atoms. The van der Waals surface area contributed by atoms with Crippen LogP contribution < -0.4 is 10.1 Å². The van der Waals surface area contributed by atoms with Crippen molar-refractivity contribution >= 4 is 17.6 Å². The van der Waals surface area contributed by atoms with Crippen molar-refractivity contribution in [3.63, 3.8) is 0 Å². The first-order valence-corrected chi connectivity index (χ1v) is 8.82. The Morgan fingerprint density at radius 2 is 1.88 bits per heavy atom. The number of methoxy groups -OCH3 is 1. The van der Waals surface area contributed by atoms with Crippen molar-refractivity contribution in [2.75, 3.05) is 20.3 Å². The topological polar surface area (TPSA) is 67.8 Å². The fourth-order valence-corrected chi connectivity index (χ4v) is 2.78. The summed E-state index contributed by atoms with van der Waals surface area (Å²) in [5.41, 5.74) is 1.85. The number of halogens is 1. The summed E-state index contributed by atoms with van der Waals surface area (Å²) in [6.45, 7) is 2.37. The third-order valence-corrected chi connectivity index (χ3v) is 4.32. The zero-order valence-corrected chi connectivity index (χ0v) is 15.7. The van der Waals surface area contributed by atoms with Crippen LogP contribution >= 0.6 is 11.6 Å². The van der Waals surface area contributed by atoms with Crippen LogP contribution in [0.5, 0.6) is 5.75 Å². The highest BCUT2D eigenvalue weighted by Gasteiger charge is 2.12. The van der Waals surface area contributed by atoms with Gasteiger partial charge in [0.25, 0.3) is 0 Å². The number of aliphatic hydroxyl groups excluding tert-OH is 1. The molecule has 140 valence electrons. The van der Waals surface area contributed by atoms with Crippen LogP contribution in [0.2, 0.25) is 5.02 Å². The summed E-state index contributed by atoms with van der Waals surface area (Å²) in [6.07, 6.45) is 0.146. The average molecular weight is 378 g/mol. The molecule has 2 atom stereocenters. The second kappa shape index (κ2) is 10.2. The lowest BCUT2D eigenvalue weighted by atomic mass is 10.1. The molecule has 2 N–H and O–H groups in total. The number of hydrogen-bond donors (Lipinski definition) is 2. The number of rotatable bonds is 9. The zero-order valence-electron chi connectivity index (χ0n) is 14.9. The molecule has 0 saturated heterocycles. The Morgan fingerprint density at radius 1 is 1.19 bits per heavy atom. The van der Waals surface area contributed by atoms with Crippen molar-refractivity contribution in [1.82, 2.24) is 5.32 Å². The highest BCUT2D eigenvalue weighted by atomic mass is 35.5. The Balaban J connectivity index is 1.79. The van der Waals surface area contributed by atoms with E-state index in [9.17, 15) is 9.90 Å². The molecule has 0 amide bonds. The van der Waals surface area contributed by atoms with Gasteiger partial charge in [0.2, 0.25) is 0 Å². The number of aliphatic hydroxyl groups is 1. The SMILES string of the molecule is COC(=O)COc1ccc(CC(C)NCC(O)c2ccccc2Cl)cc1. The fraction of sp³-hybridized carbons (Fsp3) is 0.350. The van der Waals surface area contributed by atoms with Crippen LogP contribution in [0.4, 0.5) is 0 Å². The van der Waals surface area contributed by atoms with E-state index >= 15 is 0 Å². The Hall–Kier alpha value is -2.08. The largest absolute Gasteiger partial charge is 0.482 e. The van der Waals surface area contributed by atoms with Crippen molar-refractivity contribution in [3.8, 4) is 5.75 Å². The van der Waals surface area contributed by atoms with E-state index in [1.54, 1.807) is 6.07 Å². The Kier molecular flexibility index (Phi) is 7.91. The molecule has 5 nitrogen and oxygen atoms in total. The van der Waals surface area contributed by atoms with E-state index in [-0.39, 0.29) is 12.6 Å². The number of nitrogens with one attached hydrogen (secondary N) is 1. The second-order valence-corrected chi connectivity index (χ2v) is 6.47. The molecule has 2 rings (SSSR count). The molecule has 0 fully saturated rings. The number of carbonyl (C=O) groups is 1. The molecule has 0 aliphatic carbocycles. The van der Waals surface area contributed by atoms with E-state index in [2.05, 4.69) is 17.0 Å². The summed E-state index contributed by atoms with van der Waals surface area (Å²) in [5.74, 6) is 0.206. The first-order valence-electron chi connectivity index (χ1n) is 8.44. The predicted molar refractivity (Wildman–Crippen MR) is 102 cm³/mol. The number of esters is 1. The van der Waals surface area contributed by atoms with E-state index in [0.717, 1.165) is 17.5 Å². The van der Waals surface area contributed by atoms with Crippen molar-refractivity contribution in [3.05, 3.63) is 64.7 Å². The summed E-state index contributed by atoms with van der Waals surface area (Å²) in [4.78, 5) is 11.1. The molecule has 0 spiro atoms. The molecule has 6 heteroatoms. The fourth-order valence-electron chi connectivity index (χ4n) is 2.52. The Bertz CT molecular complexity index is 705. The zero-order chi connectivity index (χ0) is 18.9. The maximum absolute atomic E-state index is 11.1. The summed E-state index contributed by atoms with van der Waals surface area (Å²) in [7, 11) is 1.33. The predicted octanol–water partition coefficient (Wildman–Crippen LogP) is 3.15. The average Bonchev–Trinajstić information content (AvgIpc) is 2.65. The lowest BCUT2D eigenvalue weighted by Crippen LogP contribution is -2.32. The highest BCUT2D eigenvalue weighted by molar-refractivity contribution is 6.31. The quantitative estimate of drug-likeness (QED) is 0.657. The van der Waals surface area contributed by atoms with Gasteiger partial charge in [-0.25, -0.2) is 4.79 Å². The number of carbonyl (C=O) groups excluding carboxylic acids is 1. The molecule has 0 aliphatic heterocycles. The van der Waals surface area contributed by atoms with Gasteiger partial charge in [-0.3, -0.25) is 0 Å². The van der Waals surface area contributed by atoms with Gasteiger partial charge in [0, 0.05) is 23.2 Å². The van der Waals surface area contributed by atoms with Crippen LogP contribution in [0.3, 0.4) is 0 Å². The first-order chi connectivity index (χ1) is 12.5. The van der Waals surface area contributed by atoms with Crippen molar-refractivity contribution < 1.29 is 19.4 Å². The van der Waals surface area contributed by atoms with Crippen molar-refractivity contribution in [2.45, 2.75) is 25.5 Å². The molecular weight excluding hydrogens is 354 g/mol. The minimum Gasteiger partial charge on any atom is -0.482 e. The van der Waals surface area contributed by atoms with Gasteiger partial charge in [-0.1, -0.05) is 41.9 Å². The Labute approximate surface area is 158 Å². The van der Waals surface area contributed by atoms with Crippen molar-refractivity contribution in [2.24, 2.45) is 0 Å². The molecule has 2 unspecified atom stereocenters. The van der Waals surface area contributed by atoms with Gasteiger partial charge in [0.1, 0.15) is 5.75 Å². The first kappa shape index (κ1) is 20.2. The van der Waals surface area contributed by atoms with Crippen LogP contribution in [-0.2, 0) is 16.0 Å². The summed E-state index contributed by atoms with van der Waals surface area (Å²) >= 11 is 6.10. The van der Waals surface area contributed by atoms with Gasteiger partial charge in [0.05, 0.1) is 13.2 Å². The third kappa shape index (κ3) is 6.33. The monoisotopic (exact) mass is 377 g/mol. The molecule has 0 radical (unpaired) electrons. The lowest BCUT2D eigenvalue weighted by Gasteiger charge is -2.18. The maximum Gasteiger partial charge on any atom is 0.343 e. The highest BCUT2D eigenvalue weighted by Crippen LogP contribution is 2.22. The van der Waals surface area contributed by atoms with Crippen LogP contribution in [0.25, 0.3) is 0 Å². The summed E-state index contributed by atoms with van der Waals surface area (Å²) < 4.78 is 9.85. The van der Waals surface area contributed by atoms with E-state index in [1.807, 2.05) is 42.5 Å². The van der Waals surface area contributed by atoms with E-state index in [1.165, 1.54) is 7.11 Å². The van der Waals surface area contributed by atoms with Crippen molar-refractivity contribution in [1.29, 1.82) is 0 Å². The van der Waals surface area contributed by atoms with Gasteiger partial charge < -0.3 is 19.9 Å². The smallest absolute Gasteiger partial charge is 0.343 e. The number of benzene rings is 2. The van der Waals surface area contributed by atoms with E-state index < -0.39 is 12.1 Å². The normalized spacial score (nSPS) is 13.1. The molecule has 0 heterocycles. The standard InChI is InChI=1S/C20H24ClNO4/c1-14(22-12-19(23)17-5-3-4-6-18(17)21)11-15-7-9-16(10-8-15)26-13-20(24)25-2/h3-10,14,19,22-23H,11-13H2,1-2H3. The van der Waals surface area contributed by atoms with Gasteiger partial charge in [-0.15, -0.1) is 0 Å². The minimum absolute atomic E-state index is 0.103. The molecule has 0 aromatic heterocycles. The molecule has 0 bridgehead atoms. The van der Waals surface area contributed by atoms with E-state index in [0.29, 0.717) is 17.3 Å². The molecule has 0 saturated carbocycles. The Morgan fingerprint density at radius 3 is 2.54 bits per heavy atom. The van der Waals surface area contributed by atoms with Crippen LogP contribution in [-0.4, -0.2) is 37.4 Å². The van der Waals surface area contributed by atoms with Gasteiger partial charge in [-0.05, 0) is 37.1 Å². The van der Waals surface area contributed by atoms with E-state index in [4.69, 9.17) is 16.3 Å². The van der Waals surface area contributed by atoms with Crippen LogP contribution in [0.15, 0.2) is 48.5 Å². The molecule has 2 aromatic rings. The second-order valence-electron chi connectivity index (χ2n) is 6.06. The third-order valence-electron chi connectivity index (χ3n) is 3.97. The number of hydrogen-bond acceptors (Lipinski definition) is 5. The van der Waals surface area contributed by atoms with Gasteiger partial charge >= 0.3 is 5.97 Å². The lowest BCUT2D eigenvalue weighted by molar-refractivity contribution is -0.142. The summed E-state index contributed by atoms with van der Waals surface area (Å²) in [5, 5.41) is 14.2. The molecule has 2 aromatic carbocycles. The number of ether oxygens (including phenoxy) is 2. The molecular formula is C20H24ClNO4. The van der Waals surface area contributed by atoms with Gasteiger partial charge in [-0.2, -0.15) is 0 Å². The minimum atomic E-state index is -0.653. The van der Waals surface area contributed by atoms with Crippen LogP contribution in [0, 0.1) is 0 Å².